The van der Waals surface area contributed by atoms with Gasteiger partial charge in [-0.1, -0.05) is 19.1 Å². The van der Waals surface area contributed by atoms with Gasteiger partial charge in [-0.15, -0.1) is 23.2 Å². The maximum absolute atomic E-state index is 5.94. The summed E-state index contributed by atoms with van der Waals surface area (Å²) in [6.07, 6.45) is 6.39. The lowest BCUT2D eigenvalue weighted by Crippen LogP contribution is -2.30. The summed E-state index contributed by atoms with van der Waals surface area (Å²) in [4.78, 5) is 0. The second-order valence-electron chi connectivity index (χ2n) is 5.31. The Kier molecular flexibility index (Phi) is 6.43. The average molecular weight is 309 g/mol. The number of allylic oxidation sites excluding steroid dienone is 2. The smallest absolute Gasteiger partial charge is 0.161 e. The van der Waals surface area contributed by atoms with Crippen LogP contribution in [-0.2, 0) is 14.2 Å². The number of halogens is 2. The minimum atomic E-state index is -0.109. The molecule has 0 aromatic carbocycles. The van der Waals surface area contributed by atoms with Gasteiger partial charge < -0.3 is 14.2 Å². The Morgan fingerprint density at radius 3 is 2.68 bits per heavy atom. The number of rotatable bonds is 6. The highest BCUT2D eigenvalue weighted by molar-refractivity contribution is 6.21. The van der Waals surface area contributed by atoms with Gasteiger partial charge in [0.2, 0.25) is 0 Å². The first-order valence-corrected chi connectivity index (χ1v) is 7.97. The molecule has 1 heterocycles. The summed E-state index contributed by atoms with van der Waals surface area (Å²) >= 11 is 11.5. The quantitative estimate of drug-likeness (QED) is 0.557. The van der Waals surface area contributed by atoms with Crippen molar-refractivity contribution in [3.8, 4) is 0 Å². The first-order valence-electron chi connectivity index (χ1n) is 6.90. The topological polar surface area (TPSA) is 27.7 Å². The summed E-state index contributed by atoms with van der Waals surface area (Å²) in [6.45, 7) is 3.34. The van der Waals surface area contributed by atoms with Crippen molar-refractivity contribution in [2.75, 3.05) is 25.0 Å². The minimum absolute atomic E-state index is 0.00274. The predicted molar refractivity (Wildman–Crippen MR) is 76.8 cm³/mol. The van der Waals surface area contributed by atoms with Crippen molar-refractivity contribution in [3.63, 3.8) is 0 Å². The summed E-state index contributed by atoms with van der Waals surface area (Å²) < 4.78 is 17.3. The largest absolute Gasteiger partial charge is 0.373 e. The van der Waals surface area contributed by atoms with Crippen LogP contribution in [0.3, 0.4) is 0 Å². The molecule has 4 atom stereocenters. The van der Waals surface area contributed by atoms with Gasteiger partial charge in [-0.05, 0) is 18.8 Å². The van der Waals surface area contributed by atoms with E-state index < -0.39 is 0 Å². The maximum Gasteiger partial charge on any atom is 0.161 e. The molecule has 3 nitrogen and oxygen atoms in total. The first kappa shape index (κ1) is 15.6. The summed E-state index contributed by atoms with van der Waals surface area (Å²) in [5.41, 5.74) is 0. The minimum Gasteiger partial charge on any atom is -0.373 e. The fraction of sp³-hybridized carbons (Fsp3) is 0.857. The first-order chi connectivity index (χ1) is 9.24. The van der Waals surface area contributed by atoms with Gasteiger partial charge in [0, 0.05) is 17.7 Å². The van der Waals surface area contributed by atoms with Gasteiger partial charge in [0.05, 0.1) is 19.3 Å². The molecule has 1 aliphatic heterocycles. The Bertz CT molecular complexity index is 294. The molecule has 0 aromatic rings. The van der Waals surface area contributed by atoms with Crippen LogP contribution in [0.15, 0.2) is 12.2 Å². The Balaban J connectivity index is 1.75. The molecule has 0 radical (unpaired) electrons. The van der Waals surface area contributed by atoms with E-state index in [9.17, 15) is 0 Å². The van der Waals surface area contributed by atoms with Gasteiger partial charge in [-0.3, -0.25) is 0 Å². The molecular formula is C14H22Cl2O3. The second kappa shape index (κ2) is 7.84. The van der Waals surface area contributed by atoms with Crippen LogP contribution in [-0.4, -0.2) is 43.5 Å². The molecule has 1 fully saturated rings. The van der Waals surface area contributed by atoms with Crippen LogP contribution in [0.2, 0.25) is 0 Å². The summed E-state index contributed by atoms with van der Waals surface area (Å²) in [7, 11) is 0. The highest BCUT2D eigenvalue weighted by Gasteiger charge is 2.35. The molecule has 0 bridgehead atoms. The zero-order valence-corrected chi connectivity index (χ0v) is 12.8. The third-order valence-electron chi connectivity index (χ3n) is 3.80. The third-order valence-corrected chi connectivity index (χ3v) is 4.49. The highest BCUT2D eigenvalue weighted by Crippen LogP contribution is 2.33. The number of hydrogen-bond donors (Lipinski definition) is 0. The van der Waals surface area contributed by atoms with E-state index in [1.165, 1.54) is 0 Å². The number of alkyl halides is 2. The molecule has 0 saturated carbocycles. The lowest BCUT2D eigenvalue weighted by molar-refractivity contribution is -0.119. The predicted octanol–water partition coefficient (Wildman–Crippen LogP) is 3.19. The van der Waals surface area contributed by atoms with E-state index in [4.69, 9.17) is 37.4 Å². The number of hydrogen-bond acceptors (Lipinski definition) is 3. The van der Waals surface area contributed by atoms with E-state index in [0.717, 1.165) is 12.8 Å². The van der Waals surface area contributed by atoms with Crippen LogP contribution in [0.1, 0.15) is 19.8 Å². The lowest BCUT2D eigenvalue weighted by atomic mass is 9.84. The van der Waals surface area contributed by atoms with Gasteiger partial charge in [0.15, 0.2) is 6.29 Å². The fourth-order valence-corrected chi connectivity index (χ4v) is 3.01. The van der Waals surface area contributed by atoms with Crippen LogP contribution in [0, 0.1) is 11.8 Å². The van der Waals surface area contributed by atoms with Crippen molar-refractivity contribution in [1.29, 1.82) is 0 Å². The van der Waals surface area contributed by atoms with Gasteiger partial charge in [0.25, 0.3) is 0 Å². The van der Waals surface area contributed by atoms with E-state index in [1.807, 2.05) is 0 Å². The van der Waals surface area contributed by atoms with Gasteiger partial charge >= 0.3 is 0 Å². The van der Waals surface area contributed by atoms with Crippen LogP contribution < -0.4 is 0 Å². The molecular weight excluding hydrogens is 287 g/mol. The Hall–Kier alpha value is 0.200. The van der Waals surface area contributed by atoms with Gasteiger partial charge in [-0.2, -0.15) is 0 Å². The molecule has 0 aromatic heterocycles. The second-order valence-corrected chi connectivity index (χ2v) is 5.92. The molecule has 1 aliphatic carbocycles. The maximum atomic E-state index is 5.94. The van der Waals surface area contributed by atoms with Crippen LogP contribution >= 0.6 is 23.2 Å². The Morgan fingerprint density at radius 2 is 2.00 bits per heavy atom. The van der Waals surface area contributed by atoms with E-state index in [0.29, 0.717) is 36.8 Å². The lowest BCUT2D eigenvalue weighted by Gasteiger charge is -2.29. The van der Waals surface area contributed by atoms with Crippen LogP contribution in [0.4, 0.5) is 0 Å². The van der Waals surface area contributed by atoms with Crippen LogP contribution in [0.5, 0.6) is 0 Å². The molecule has 0 N–H and O–H groups in total. The summed E-state index contributed by atoms with van der Waals surface area (Å²) in [5, 5.41) is 0. The van der Waals surface area contributed by atoms with Crippen molar-refractivity contribution in [1.82, 2.24) is 0 Å². The Morgan fingerprint density at radius 1 is 1.26 bits per heavy atom. The Labute approximate surface area is 125 Å². The summed E-state index contributed by atoms with van der Waals surface area (Å²) in [5.74, 6) is 1.87. The SMILES string of the molecule is C[C@H]1CC=CC[C@H]1[C@@H]1OC[C@H](COC(CCl)CCl)O1. The average Bonchev–Trinajstić information content (AvgIpc) is 2.89. The molecule has 0 unspecified atom stereocenters. The van der Waals surface area contributed by atoms with Crippen molar-refractivity contribution in [3.05, 3.63) is 12.2 Å². The summed E-state index contributed by atoms with van der Waals surface area (Å²) in [6, 6.07) is 0. The van der Waals surface area contributed by atoms with E-state index in [2.05, 4.69) is 19.1 Å². The standard InChI is InChI=1S/C14H22Cl2O3/c1-10-4-2-3-5-13(10)14-18-9-12(19-14)8-17-11(6-15)7-16/h2-3,10-14H,4-9H2,1H3/t10-,12-,13+,14+/m0/s1. The zero-order chi connectivity index (χ0) is 13.7. The van der Waals surface area contributed by atoms with Crippen molar-refractivity contribution >= 4 is 23.2 Å². The fourth-order valence-electron chi connectivity index (χ4n) is 2.51. The van der Waals surface area contributed by atoms with Gasteiger partial charge in [0.1, 0.15) is 6.10 Å². The normalized spacial score (nSPS) is 35.2. The number of ether oxygens (including phenoxy) is 3. The van der Waals surface area contributed by atoms with Crippen molar-refractivity contribution in [2.45, 2.75) is 38.3 Å². The highest BCUT2D eigenvalue weighted by atomic mass is 35.5. The molecule has 5 heteroatoms. The van der Waals surface area contributed by atoms with E-state index in [1.54, 1.807) is 0 Å². The monoisotopic (exact) mass is 308 g/mol. The van der Waals surface area contributed by atoms with Crippen molar-refractivity contribution < 1.29 is 14.2 Å². The molecule has 1 saturated heterocycles. The molecule has 110 valence electrons. The van der Waals surface area contributed by atoms with Crippen LogP contribution in [0.25, 0.3) is 0 Å². The van der Waals surface area contributed by atoms with E-state index in [-0.39, 0.29) is 18.5 Å². The van der Waals surface area contributed by atoms with Crippen molar-refractivity contribution in [2.24, 2.45) is 11.8 Å². The van der Waals surface area contributed by atoms with Gasteiger partial charge in [-0.25, -0.2) is 0 Å². The molecule has 2 rings (SSSR count). The molecule has 2 aliphatic rings. The zero-order valence-electron chi connectivity index (χ0n) is 11.3. The molecule has 0 spiro atoms. The molecule has 19 heavy (non-hydrogen) atoms. The third kappa shape index (κ3) is 4.33. The van der Waals surface area contributed by atoms with E-state index >= 15 is 0 Å². The molecule has 0 amide bonds.